The number of ether oxygens (including phenoxy) is 1. The van der Waals surface area contributed by atoms with Gasteiger partial charge in [-0.2, -0.15) is 0 Å². The molecule has 2 saturated heterocycles. The van der Waals surface area contributed by atoms with Crippen molar-refractivity contribution >= 4 is 17.6 Å². The Labute approximate surface area is 142 Å². The van der Waals surface area contributed by atoms with E-state index in [1.807, 2.05) is 17.0 Å². The molecule has 1 atom stereocenters. The van der Waals surface area contributed by atoms with Gasteiger partial charge in [-0.15, -0.1) is 0 Å². The minimum atomic E-state index is 0.00343. The number of hydrogen-bond donors (Lipinski definition) is 1. The minimum Gasteiger partial charge on any atom is -0.496 e. The van der Waals surface area contributed by atoms with Gasteiger partial charge in [0.15, 0.2) is 0 Å². The zero-order valence-electron chi connectivity index (χ0n) is 13.6. The third-order valence-corrected chi connectivity index (χ3v) is 5.02. The Morgan fingerprint density at radius 1 is 1.35 bits per heavy atom. The van der Waals surface area contributed by atoms with E-state index in [2.05, 4.69) is 10.2 Å². The van der Waals surface area contributed by atoms with Crippen LogP contribution in [-0.2, 0) is 6.54 Å². The molecule has 23 heavy (non-hydrogen) atoms. The fraction of sp³-hybridized carbons (Fsp3) is 0.588. The van der Waals surface area contributed by atoms with E-state index in [-0.39, 0.29) is 6.03 Å². The molecule has 0 saturated carbocycles. The van der Waals surface area contributed by atoms with Crippen LogP contribution in [0.3, 0.4) is 0 Å². The lowest BCUT2D eigenvalue weighted by Crippen LogP contribution is -2.41. The second-order valence-corrected chi connectivity index (χ2v) is 6.68. The molecular formula is C17H24ClN3O2. The third-order valence-electron chi connectivity index (χ3n) is 4.79. The average molecular weight is 338 g/mol. The number of urea groups is 1. The van der Waals surface area contributed by atoms with Crippen molar-refractivity contribution in [3.05, 3.63) is 28.8 Å². The number of likely N-dealkylation sites (tertiary alicyclic amines) is 2. The monoisotopic (exact) mass is 337 g/mol. The van der Waals surface area contributed by atoms with Gasteiger partial charge in [-0.1, -0.05) is 17.7 Å². The van der Waals surface area contributed by atoms with Crippen LogP contribution in [0.4, 0.5) is 4.79 Å². The molecule has 1 aromatic rings. The number of methoxy groups -OCH3 is 1. The van der Waals surface area contributed by atoms with Crippen LogP contribution in [0.15, 0.2) is 18.2 Å². The summed E-state index contributed by atoms with van der Waals surface area (Å²) in [5.41, 5.74) is 0.931. The Morgan fingerprint density at radius 3 is 2.87 bits per heavy atom. The highest BCUT2D eigenvalue weighted by Gasteiger charge is 2.31. The highest BCUT2D eigenvalue weighted by Crippen LogP contribution is 2.23. The smallest absolute Gasteiger partial charge is 0.317 e. The number of benzene rings is 1. The van der Waals surface area contributed by atoms with Crippen molar-refractivity contribution < 1.29 is 9.53 Å². The van der Waals surface area contributed by atoms with E-state index in [4.69, 9.17) is 16.3 Å². The van der Waals surface area contributed by atoms with Gasteiger partial charge in [0.1, 0.15) is 5.75 Å². The summed E-state index contributed by atoms with van der Waals surface area (Å²) in [7, 11) is 1.61. The maximum absolute atomic E-state index is 12.4. The Morgan fingerprint density at radius 2 is 2.13 bits per heavy atom. The van der Waals surface area contributed by atoms with E-state index in [0.717, 1.165) is 25.1 Å². The standard InChI is InChI=1S/C17H24ClN3O2/c1-23-16-10-14(18)5-4-13(16)11-19-17(22)21-9-6-15(12-21)20-7-2-3-8-20/h4-5,10,15H,2-3,6-9,11-12H2,1H3,(H,19,22)/t15-/m1/s1. The molecule has 2 heterocycles. The molecule has 1 N–H and O–H groups in total. The first-order chi connectivity index (χ1) is 11.2. The van der Waals surface area contributed by atoms with E-state index in [1.165, 1.54) is 25.9 Å². The lowest BCUT2D eigenvalue weighted by Gasteiger charge is -2.23. The van der Waals surface area contributed by atoms with E-state index in [1.54, 1.807) is 13.2 Å². The highest BCUT2D eigenvalue weighted by atomic mass is 35.5. The van der Waals surface area contributed by atoms with E-state index in [9.17, 15) is 4.79 Å². The Balaban J connectivity index is 1.52. The third kappa shape index (κ3) is 3.90. The van der Waals surface area contributed by atoms with E-state index < -0.39 is 0 Å². The van der Waals surface area contributed by atoms with Crippen molar-refractivity contribution in [3.63, 3.8) is 0 Å². The van der Waals surface area contributed by atoms with Crippen LogP contribution in [0.5, 0.6) is 5.75 Å². The normalized spacial score (nSPS) is 21.7. The topological polar surface area (TPSA) is 44.8 Å². The predicted molar refractivity (Wildman–Crippen MR) is 91.0 cm³/mol. The summed E-state index contributed by atoms with van der Waals surface area (Å²) in [5.74, 6) is 0.703. The van der Waals surface area contributed by atoms with Crippen molar-refractivity contribution in [1.29, 1.82) is 0 Å². The number of nitrogens with one attached hydrogen (secondary N) is 1. The molecule has 6 heteroatoms. The maximum atomic E-state index is 12.4. The average Bonchev–Trinajstić information content (AvgIpc) is 3.23. The van der Waals surface area contributed by atoms with Gasteiger partial charge in [0, 0.05) is 36.3 Å². The molecule has 2 fully saturated rings. The van der Waals surface area contributed by atoms with Crippen LogP contribution < -0.4 is 10.1 Å². The van der Waals surface area contributed by atoms with Crippen LogP contribution in [0.2, 0.25) is 5.02 Å². The van der Waals surface area contributed by atoms with Crippen molar-refractivity contribution in [2.45, 2.75) is 31.8 Å². The van der Waals surface area contributed by atoms with Gasteiger partial charge in [-0.3, -0.25) is 4.90 Å². The number of carbonyl (C=O) groups excluding carboxylic acids is 1. The first-order valence-electron chi connectivity index (χ1n) is 8.26. The van der Waals surface area contributed by atoms with Crippen LogP contribution in [0.25, 0.3) is 0 Å². The molecule has 0 radical (unpaired) electrons. The van der Waals surface area contributed by atoms with Gasteiger partial charge in [-0.25, -0.2) is 4.79 Å². The molecular weight excluding hydrogens is 314 g/mol. The highest BCUT2D eigenvalue weighted by molar-refractivity contribution is 6.30. The van der Waals surface area contributed by atoms with Gasteiger partial charge >= 0.3 is 6.03 Å². The zero-order valence-corrected chi connectivity index (χ0v) is 14.3. The van der Waals surface area contributed by atoms with Gasteiger partial charge in [0.25, 0.3) is 0 Å². The lowest BCUT2D eigenvalue weighted by atomic mass is 10.2. The summed E-state index contributed by atoms with van der Waals surface area (Å²) in [5, 5.41) is 3.62. The molecule has 1 aromatic carbocycles. The molecule has 2 aliphatic heterocycles. The van der Waals surface area contributed by atoms with Crippen molar-refractivity contribution in [1.82, 2.24) is 15.1 Å². The summed E-state index contributed by atoms with van der Waals surface area (Å²) in [6, 6.07) is 6.00. The fourth-order valence-corrected chi connectivity index (χ4v) is 3.64. The number of rotatable bonds is 4. The number of hydrogen-bond acceptors (Lipinski definition) is 3. The van der Waals surface area contributed by atoms with Crippen molar-refractivity contribution in [3.8, 4) is 5.75 Å². The van der Waals surface area contributed by atoms with Gasteiger partial charge in [-0.05, 0) is 44.5 Å². The fourth-order valence-electron chi connectivity index (χ4n) is 3.48. The molecule has 2 aliphatic rings. The van der Waals surface area contributed by atoms with Crippen LogP contribution >= 0.6 is 11.6 Å². The molecule has 0 bridgehead atoms. The Bertz CT molecular complexity index is 561. The number of nitrogens with zero attached hydrogens (tertiary/aromatic N) is 2. The minimum absolute atomic E-state index is 0.00343. The largest absolute Gasteiger partial charge is 0.496 e. The molecule has 2 amide bonds. The quantitative estimate of drug-likeness (QED) is 0.918. The first kappa shape index (κ1) is 16.4. The molecule has 0 aliphatic carbocycles. The Kier molecular flexibility index (Phi) is 5.28. The molecule has 0 spiro atoms. The molecule has 0 unspecified atom stereocenters. The molecule has 126 valence electrons. The number of carbonyl (C=O) groups is 1. The van der Waals surface area contributed by atoms with E-state index in [0.29, 0.717) is 23.4 Å². The summed E-state index contributed by atoms with van der Waals surface area (Å²) >= 11 is 5.96. The van der Waals surface area contributed by atoms with E-state index >= 15 is 0 Å². The summed E-state index contributed by atoms with van der Waals surface area (Å²) in [4.78, 5) is 16.8. The number of halogens is 1. The summed E-state index contributed by atoms with van der Waals surface area (Å²) < 4.78 is 5.31. The maximum Gasteiger partial charge on any atom is 0.317 e. The van der Waals surface area contributed by atoms with Gasteiger partial charge in [0.2, 0.25) is 0 Å². The van der Waals surface area contributed by atoms with Crippen molar-refractivity contribution in [2.24, 2.45) is 0 Å². The number of amides is 2. The van der Waals surface area contributed by atoms with Crippen LogP contribution in [-0.4, -0.2) is 55.2 Å². The molecule has 3 rings (SSSR count). The van der Waals surface area contributed by atoms with Gasteiger partial charge in [0.05, 0.1) is 7.11 Å². The molecule has 0 aromatic heterocycles. The zero-order chi connectivity index (χ0) is 16.2. The first-order valence-corrected chi connectivity index (χ1v) is 8.64. The predicted octanol–water partition coefficient (Wildman–Crippen LogP) is 2.73. The Hall–Kier alpha value is -1.46. The van der Waals surface area contributed by atoms with Crippen molar-refractivity contribution in [2.75, 3.05) is 33.3 Å². The summed E-state index contributed by atoms with van der Waals surface area (Å²) in [6.07, 6.45) is 3.66. The summed E-state index contributed by atoms with van der Waals surface area (Å²) in [6.45, 7) is 4.49. The SMILES string of the molecule is COc1cc(Cl)ccc1CNC(=O)N1CC[C@@H](N2CCCC2)C1. The molecule has 5 nitrogen and oxygen atoms in total. The second-order valence-electron chi connectivity index (χ2n) is 6.25. The van der Waals surface area contributed by atoms with Gasteiger partial charge < -0.3 is 15.0 Å². The lowest BCUT2D eigenvalue weighted by molar-refractivity contribution is 0.198. The second kappa shape index (κ2) is 7.41. The van der Waals surface area contributed by atoms with Crippen LogP contribution in [0.1, 0.15) is 24.8 Å². The van der Waals surface area contributed by atoms with Crippen LogP contribution in [0, 0.1) is 0 Å².